The van der Waals surface area contributed by atoms with E-state index in [2.05, 4.69) is 5.32 Å². The molecule has 8 nitrogen and oxygen atoms in total. The zero-order chi connectivity index (χ0) is 23.3. The van der Waals surface area contributed by atoms with E-state index in [1.807, 2.05) is 30.3 Å². The van der Waals surface area contributed by atoms with Crippen molar-refractivity contribution in [2.24, 2.45) is 0 Å². The number of esters is 2. The monoisotopic (exact) mass is 438 g/mol. The van der Waals surface area contributed by atoms with E-state index in [0.717, 1.165) is 11.1 Å². The van der Waals surface area contributed by atoms with Crippen LogP contribution in [0.2, 0.25) is 0 Å². The highest BCUT2D eigenvalue weighted by atomic mass is 16.5. The molecule has 0 aliphatic carbocycles. The van der Waals surface area contributed by atoms with Gasteiger partial charge in [-0.3, -0.25) is 4.79 Å². The summed E-state index contributed by atoms with van der Waals surface area (Å²) in [5.41, 5.74) is 3.15. The van der Waals surface area contributed by atoms with Crippen LogP contribution in [0.3, 0.4) is 0 Å². The summed E-state index contributed by atoms with van der Waals surface area (Å²) < 4.78 is 10.0. The van der Waals surface area contributed by atoms with Crippen molar-refractivity contribution in [3.8, 4) is 11.1 Å². The van der Waals surface area contributed by atoms with E-state index in [0.29, 0.717) is 11.3 Å². The van der Waals surface area contributed by atoms with Crippen LogP contribution in [0, 0.1) is 0 Å². The number of amides is 1. The van der Waals surface area contributed by atoms with Gasteiger partial charge in [0.05, 0.1) is 37.5 Å². The number of anilines is 1. The topological polar surface area (TPSA) is 105 Å². The quantitative estimate of drug-likeness (QED) is 0.611. The van der Waals surface area contributed by atoms with Gasteiger partial charge in [-0.25, -0.2) is 9.59 Å². The molecule has 0 bridgehead atoms. The lowest BCUT2D eigenvalue weighted by atomic mass is 10.0. The summed E-state index contributed by atoms with van der Waals surface area (Å²) in [4.78, 5) is 38.3. The van der Waals surface area contributed by atoms with Crippen molar-refractivity contribution < 1.29 is 29.0 Å². The van der Waals surface area contributed by atoms with Crippen molar-refractivity contribution in [1.29, 1.82) is 0 Å². The number of aliphatic hydroxyl groups is 1. The molecule has 0 fully saturated rings. The number of nitrogens with one attached hydrogen (secondary N) is 1. The molecule has 0 atom stereocenters. The highest BCUT2D eigenvalue weighted by Gasteiger charge is 2.34. The maximum Gasteiger partial charge on any atom is 0.338 e. The van der Waals surface area contributed by atoms with E-state index in [4.69, 9.17) is 9.47 Å². The number of carbonyl (C=O) groups is 3. The van der Waals surface area contributed by atoms with Crippen LogP contribution >= 0.6 is 0 Å². The third-order valence-electron chi connectivity index (χ3n) is 4.88. The maximum atomic E-state index is 12.7. The van der Waals surface area contributed by atoms with Crippen molar-refractivity contribution in [2.45, 2.75) is 20.0 Å². The molecule has 2 aromatic rings. The Morgan fingerprint density at radius 3 is 2.44 bits per heavy atom. The highest BCUT2D eigenvalue weighted by Crippen LogP contribution is 2.27. The molecule has 168 valence electrons. The Kier molecular flexibility index (Phi) is 7.27. The van der Waals surface area contributed by atoms with E-state index >= 15 is 0 Å². The number of carbonyl (C=O) groups excluding carboxylic acids is 3. The first-order valence-electron chi connectivity index (χ1n) is 10.2. The zero-order valence-corrected chi connectivity index (χ0v) is 18.3. The van der Waals surface area contributed by atoms with Crippen molar-refractivity contribution in [1.82, 2.24) is 4.90 Å². The fourth-order valence-electron chi connectivity index (χ4n) is 3.35. The SMILES string of the molecule is COC(=O)C1=C(Nc2cccc(-c3ccc(C(=O)OC(C)C)cc3)c2)C(=O)N(CCO)C1. The standard InChI is InChI=1S/C24H26N2O6/c1-15(2)32-23(29)17-9-7-16(8-10-17)18-5-4-6-19(13-18)25-21-20(24(30)31-3)14-26(11-12-27)22(21)28/h4-10,13,15,25,27H,11-12,14H2,1-3H3. The molecule has 2 aromatic carbocycles. The van der Waals surface area contributed by atoms with Gasteiger partial charge < -0.3 is 24.8 Å². The minimum atomic E-state index is -0.596. The number of ether oxygens (including phenoxy) is 2. The van der Waals surface area contributed by atoms with Crippen LogP contribution in [-0.4, -0.2) is 60.8 Å². The van der Waals surface area contributed by atoms with Crippen molar-refractivity contribution in [3.05, 3.63) is 65.4 Å². The Morgan fingerprint density at radius 1 is 1.09 bits per heavy atom. The first-order valence-corrected chi connectivity index (χ1v) is 10.2. The second-order valence-corrected chi connectivity index (χ2v) is 7.53. The van der Waals surface area contributed by atoms with Gasteiger partial charge in [0.25, 0.3) is 5.91 Å². The van der Waals surface area contributed by atoms with Crippen molar-refractivity contribution >= 4 is 23.5 Å². The Morgan fingerprint density at radius 2 is 1.81 bits per heavy atom. The Balaban J connectivity index is 1.83. The number of benzene rings is 2. The first-order chi connectivity index (χ1) is 15.3. The van der Waals surface area contributed by atoms with Gasteiger partial charge in [0, 0.05) is 12.2 Å². The van der Waals surface area contributed by atoms with Crippen LogP contribution in [0.5, 0.6) is 0 Å². The molecule has 0 radical (unpaired) electrons. The minimum absolute atomic E-state index is 0.0715. The van der Waals surface area contributed by atoms with Crippen LogP contribution in [0.4, 0.5) is 5.69 Å². The number of methoxy groups -OCH3 is 1. The van der Waals surface area contributed by atoms with E-state index in [-0.39, 0.29) is 48.9 Å². The largest absolute Gasteiger partial charge is 0.466 e. The predicted molar refractivity (Wildman–Crippen MR) is 119 cm³/mol. The van der Waals surface area contributed by atoms with Crippen LogP contribution in [-0.2, 0) is 19.1 Å². The molecule has 0 aromatic heterocycles. The molecule has 32 heavy (non-hydrogen) atoms. The predicted octanol–water partition coefficient (Wildman–Crippen LogP) is 2.59. The second-order valence-electron chi connectivity index (χ2n) is 7.53. The van der Waals surface area contributed by atoms with Gasteiger partial charge in [0.1, 0.15) is 5.70 Å². The van der Waals surface area contributed by atoms with Gasteiger partial charge in [0.2, 0.25) is 0 Å². The summed E-state index contributed by atoms with van der Waals surface area (Å²) in [6.07, 6.45) is -0.194. The van der Waals surface area contributed by atoms with Crippen LogP contribution in [0.1, 0.15) is 24.2 Å². The van der Waals surface area contributed by atoms with Gasteiger partial charge in [-0.15, -0.1) is 0 Å². The first kappa shape index (κ1) is 23.0. The molecule has 3 rings (SSSR count). The molecule has 0 saturated carbocycles. The fourth-order valence-corrected chi connectivity index (χ4v) is 3.35. The number of hydrogen-bond donors (Lipinski definition) is 2. The van der Waals surface area contributed by atoms with Gasteiger partial charge in [-0.1, -0.05) is 24.3 Å². The molecule has 1 aliphatic heterocycles. The lowest BCUT2D eigenvalue weighted by Crippen LogP contribution is -2.31. The Labute approximate surface area is 186 Å². The smallest absolute Gasteiger partial charge is 0.338 e. The number of aliphatic hydroxyl groups excluding tert-OH is 1. The van der Waals surface area contributed by atoms with Crippen LogP contribution in [0.15, 0.2) is 59.8 Å². The average molecular weight is 438 g/mol. The molecular formula is C24H26N2O6. The van der Waals surface area contributed by atoms with Gasteiger partial charge in [0.15, 0.2) is 0 Å². The van der Waals surface area contributed by atoms with Crippen LogP contribution in [0.25, 0.3) is 11.1 Å². The lowest BCUT2D eigenvalue weighted by Gasteiger charge is -2.15. The highest BCUT2D eigenvalue weighted by molar-refractivity contribution is 6.08. The van der Waals surface area contributed by atoms with Gasteiger partial charge in [-0.2, -0.15) is 0 Å². The summed E-state index contributed by atoms with van der Waals surface area (Å²) in [7, 11) is 1.26. The van der Waals surface area contributed by atoms with E-state index in [1.165, 1.54) is 12.0 Å². The van der Waals surface area contributed by atoms with Crippen molar-refractivity contribution in [3.63, 3.8) is 0 Å². The second kappa shape index (κ2) is 10.1. The summed E-state index contributed by atoms with van der Waals surface area (Å²) in [6, 6.07) is 14.4. The molecule has 2 N–H and O–H groups in total. The minimum Gasteiger partial charge on any atom is -0.466 e. The molecule has 0 spiro atoms. The zero-order valence-electron chi connectivity index (χ0n) is 18.3. The maximum absolute atomic E-state index is 12.7. The van der Waals surface area contributed by atoms with E-state index in [9.17, 15) is 19.5 Å². The molecule has 0 saturated heterocycles. The lowest BCUT2D eigenvalue weighted by molar-refractivity contribution is -0.136. The number of β-amino-alcohol motifs (C(OH)–C–C–N with tert-alkyl or cyclic N) is 1. The van der Waals surface area contributed by atoms with Crippen LogP contribution < -0.4 is 5.32 Å². The van der Waals surface area contributed by atoms with Gasteiger partial charge in [-0.05, 0) is 49.2 Å². The molecule has 1 heterocycles. The number of nitrogens with zero attached hydrogens (tertiary/aromatic N) is 1. The van der Waals surface area contributed by atoms with Crippen molar-refractivity contribution in [2.75, 3.05) is 32.1 Å². The normalized spacial score (nSPS) is 13.5. The Bertz CT molecular complexity index is 1040. The molecule has 1 amide bonds. The molecule has 8 heteroatoms. The summed E-state index contributed by atoms with van der Waals surface area (Å²) in [5.74, 6) is -1.35. The molecule has 0 unspecified atom stereocenters. The Hall–Kier alpha value is -3.65. The summed E-state index contributed by atoms with van der Waals surface area (Å²) >= 11 is 0. The summed E-state index contributed by atoms with van der Waals surface area (Å²) in [6.45, 7) is 3.58. The fraction of sp³-hybridized carbons (Fsp3) is 0.292. The van der Waals surface area contributed by atoms with Gasteiger partial charge >= 0.3 is 11.9 Å². The average Bonchev–Trinajstić information content (AvgIpc) is 3.08. The van der Waals surface area contributed by atoms with E-state index < -0.39 is 5.97 Å². The van der Waals surface area contributed by atoms with E-state index in [1.54, 1.807) is 32.0 Å². The third kappa shape index (κ3) is 5.15. The molecule has 1 aliphatic rings. The number of rotatable bonds is 8. The molecular weight excluding hydrogens is 412 g/mol. The third-order valence-corrected chi connectivity index (χ3v) is 4.88. The summed E-state index contributed by atoms with van der Waals surface area (Å²) in [5, 5.41) is 12.2. The number of hydrogen-bond acceptors (Lipinski definition) is 7.